The lowest BCUT2D eigenvalue weighted by Gasteiger charge is -1.68. The molecular formula is C5H12O4P+. The van der Waals surface area contributed by atoms with Crippen LogP contribution < -0.4 is 0 Å². The standard InChI is InChI=1S/C3H6O.C2H5O3P/c1-2-3-4;1-2-5-6(3)4/h3H,2H2,1H3;2H2,1H3/p+1. The third-order valence-corrected chi connectivity index (χ3v) is 0.885. The van der Waals surface area contributed by atoms with Crippen LogP contribution in [-0.2, 0) is 13.9 Å². The Balaban J connectivity index is 0. The highest BCUT2D eigenvalue weighted by molar-refractivity contribution is 7.32. The van der Waals surface area contributed by atoms with Gasteiger partial charge in [-0.2, -0.15) is 0 Å². The van der Waals surface area contributed by atoms with Crippen LogP contribution in [0.4, 0.5) is 0 Å². The van der Waals surface area contributed by atoms with E-state index < -0.39 is 8.25 Å². The van der Waals surface area contributed by atoms with E-state index in [1.165, 1.54) is 0 Å². The smallest absolute Gasteiger partial charge is 0.303 e. The molecule has 0 amide bonds. The van der Waals surface area contributed by atoms with Crippen molar-refractivity contribution in [3.63, 3.8) is 0 Å². The molecule has 0 fully saturated rings. The summed E-state index contributed by atoms with van der Waals surface area (Å²) in [5.74, 6) is 0. The zero-order valence-electron chi connectivity index (χ0n) is 6.11. The van der Waals surface area contributed by atoms with E-state index in [1.807, 2.05) is 6.92 Å². The van der Waals surface area contributed by atoms with Gasteiger partial charge in [-0.3, -0.25) is 0 Å². The molecule has 0 aromatic carbocycles. The number of rotatable bonds is 3. The third-order valence-electron chi connectivity index (χ3n) is 0.406. The van der Waals surface area contributed by atoms with E-state index in [1.54, 1.807) is 6.92 Å². The minimum atomic E-state index is -2.35. The summed E-state index contributed by atoms with van der Waals surface area (Å²) in [6.45, 7) is 3.77. The molecule has 0 aromatic rings. The Morgan fingerprint density at radius 2 is 2.00 bits per heavy atom. The van der Waals surface area contributed by atoms with E-state index in [2.05, 4.69) is 4.52 Å². The maximum atomic E-state index is 9.53. The van der Waals surface area contributed by atoms with Gasteiger partial charge >= 0.3 is 8.25 Å². The molecule has 1 N–H and O–H groups in total. The Morgan fingerprint density at radius 1 is 1.60 bits per heavy atom. The molecule has 4 nitrogen and oxygen atoms in total. The monoisotopic (exact) mass is 167 g/mol. The van der Waals surface area contributed by atoms with Gasteiger partial charge in [-0.25, -0.2) is 0 Å². The fraction of sp³-hybridized carbons (Fsp3) is 0.800. The zero-order chi connectivity index (χ0) is 8.41. The molecule has 1 atom stereocenters. The van der Waals surface area contributed by atoms with Crippen LogP contribution in [0.25, 0.3) is 0 Å². The fourth-order valence-corrected chi connectivity index (χ4v) is 0.331. The van der Waals surface area contributed by atoms with Gasteiger partial charge in [0.2, 0.25) is 0 Å². The van der Waals surface area contributed by atoms with Crippen molar-refractivity contribution in [1.82, 2.24) is 0 Å². The molecule has 0 spiro atoms. The Hall–Kier alpha value is -0.310. The van der Waals surface area contributed by atoms with Gasteiger partial charge in [-0.15, -0.1) is 9.42 Å². The zero-order valence-corrected chi connectivity index (χ0v) is 7.01. The summed E-state index contributed by atoms with van der Waals surface area (Å²) in [5, 5.41) is 0. The van der Waals surface area contributed by atoms with Crippen LogP contribution in [0.1, 0.15) is 20.3 Å². The topological polar surface area (TPSA) is 63.6 Å². The second kappa shape index (κ2) is 11.5. The minimum absolute atomic E-state index is 0.297. The summed E-state index contributed by atoms with van der Waals surface area (Å²) >= 11 is 0. The third kappa shape index (κ3) is 25.3. The Kier molecular flexibility index (Phi) is 14.2. The maximum Gasteiger partial charge on any atom is 0.694 e. The van der Waals surface area contributed by atoms with Gasteiger partial charge in [0.15, 0.2) is 0 Å². The first-order valence-electron chi connectivity index (χ1n) is 2.91. The molecule has 0 aliphatic heterocycles. The number of hydrogen-bond donors (Lipinski definition) is 1. The van der Waals surface area contributed by atoms with Crippen molar-refractivity contribution in [2.75, 3.05) is 6.61 Å². The Morgan fingerprint density at radius 3 is 2.00 bits per heavy atom. The van der Waals surface area contributed by atoms with Gasteiger partial charge in [-0.1, -0.05) is 6.92 Å². The van der Waals surface area contributed by atoms with Crippen LogP contribution >= 0.6 is 8.25 Å². The molecule has 0 aliphatic rings. The second-order valence-electron chi connectivity index (χ2n) is 1.23. The SMILES string of the molecule is CCC=O.CCO[P+](=O)O. The maximum absolute atomic E-state index is 9.53. The van der Waals surface area contributed by atoms with Crippen LogP contribution in [0.3, 0.4) is 0 Å². The molecule has 60 valence electrons. The van der Waals surface area contributed by atoms with E-state index in [0.717, 1.165) is 6.29 Å². The quantitative estimate of drug-likeness (QED) is 0.507. The average molecular weight is 167 g/mol. The Bertz CT molecular complexity index is 93.6. The first kappa shape index (κ1) is 12.4. The molecule has 0 aliphatic carbocycles. The highest BCUT2D eigenvalue weighted by Gasteiger charge is 2.06. The summed E-state index contributed by atoms with van der Waals surface area (Å²) in [5.41, 5.74) is 0. The van der Waals surface area contributed by atoms with Crippen molar-refractivity contribution in [3.8, 4) is 0 Å². The summed E-state index contributed by atoms with van der Waals surface area (Å²) in [6.07, 6.45) is 1.51. The number of aldehydes is 1. The summed E-state index contributed by atoms with van der Waals surface area (Å²) < 4.78 is 13.6. The highest BCUT2D eigenvalue weighted by Crippen LogP contribution is 2.12. The number of carbonyl (C=O) groups excluding carboxylic acids is 1. The first-order chi connectivity index (χ1) is 4.68. The molecule has 0 bridgehead atoms. The lowest BCUT2D eigenvalue weighted by Crippen LogP contribution is -1.72. The van der Waals surface area contributed by atoms with Gasteiger partial charge in [0, 0.05) is 11.0 Å². The van der Waals surface area contributed by atoms with Gasteiger partial charge in [0.25, 0.3) is 0 Å². The van der Waals surface area contributed by atoms with Crippen molar-refractivity contribution in [2.45, 2.75) is 20.3 Å². The largest absolute Gasteiger partial charge is 0.694 e. The van der Waals surface area contributed by atoms with Crippen molar-refractivity contribution >= 4 is 14.5 Å². The molecule has 0 aromatic heterocycles. The summed E-state index contributed by atoms with van der Waals surface area (Å²) in [4.78, 5) is 17.0. The lowest BCUT2D eigenvalue weighted by molar-refractivity contribution is -0.107. The van der Waals surface area contributed by atoms with Gasteiger partial charge in [0.1, 0.15) is 12.9 Å². The van der Waals surface area contributed by atoms with Crippen LogP contribution in [0.5, 0.6) is 0 Å². The van der Waals surface area contributed by atoms with E-state index in [0.29, 0.717) is 13.0 Å². The van der Waals surface area contributed by atoms with E-state index in [4.69, 9.17) is 4.89 Å². The van der Waals surface area contributed by atoms with Crippen LogP contribution in [0, 0.1) is 0 Å². The molecule has 0 rings (SSSR count). The predicted molar refractivity (Wildman–Crippen MR) is 37.8 cm³/mol. The first-order valence-corrected chi connectivity index (χ1v) is 4.04. The van der Waals surface area contributed by atoms with E-state index in [-0.39, 0.29) is 0 Å². The van der Waals surface area contributed by atoms with Gasteiger partial charge in [0.05, 0.1) is 0 Å². The molecule has 1 unspecified atom stereocenters. The molecule has 0 radical (unpaired) electrons. The van der Waals surface area contributed by atoms with E-state index >= 15 is 0 Å². The number of carbonyl (C=O) groups is 1. The van der Waals surface area contributed by atoms with E-state index in [9.17, 15) is 9.36 Å². The van der Waals surface area contributed by atoms with Crippen molar-refractivity contribution in [3.05, 3.63) is 0 Å². The minimum Gasteiger partial charge on any atom is -0.303 e. The van der Waals surface area contributed by atoms with Gasteiger partial charge in [-0.05, 0) is 6.92 Å². The average Bonchev–Trinajstić information content (AvgIpc) is 1.89. The van der Waals surface area contributed by atoms with Crippen molar-refractivity contribution in [1.29, 1.82) is 0 Å². The molecular weight excluding hydrogens is 155 g/mol. The van der Waals surface area contributed by atoms with Crippen molar-refractivity contribution < 1.29 is 18.8 Å². The summed E-state index contributed by atoms with van der Waals surface area (Å²) in [7, 11) is -2.35. The molecule has 10 heavy (non-hydrogen) atoms. The molecule has 0 heterocycles. The Labute approximate surface area is 61.2 Å². The molecule has 0 saturated heterocycles. The van der Waals surface area contributed by atoms with Crippen LogP contribution in [0.2, 0.25) is 0 Å². The molecule has 5 heteroatoms. The molecule has 0 saturated carbocycles. The van der Waals surface area contributed by atoms with Crippen LogP contribution in [0.15, 0.2) is 0 Å². The second-order valence-corrected chi connectivity index (χ2v) is 1.96. The normalized spacial score (nSPS) is 9.30. The van der Waals surface area contributed by atoms with Gasteiger partial charge < -0.3 is 4.79 Å². The predicted octanol–water partition coefficient (Wildman–Crippen LogP) is 1.27. The number of hydrogen-bond acceptors (Lipinski definition) is 3. The lowest BCUT2D eigenvalue weighted by atomic mass is 10.6. The fourth-order valence-electron chi connectivity index (χ4n) is 0.110. The van der Waals surface area contributed by atoms with Crippen molar-refractivity contribution in [2.24, 2.45) is 0 Å². The van der Waals surface area contributed by atoms with Crippen LogP contribution in [-0.4, -0.2) is 17.8 Å². The highest BCUT2D eigenvalue weighted by atomic mass is 31.1. The summed E-state index contributed by atoms with van der Waals surface area (Å²) in [6, 6.07) is 0.